The number of halogens is 5. The minimum Gasteiger partial charge on any atom is -0.369 e. The highest BCUT2D eigenvalue weighted by Gasteiger charge is 2.43. The first-order chi connectivity index (χ1) is 19.2. The maximum atomic E-state index is 14.2. The Morgan fingerprint density at radius 3 is 2.24 bits per heavy atom. The van der Waals surface area contributed by atoms with Crippen LogP contribution in [0, 0.1) is 17.8 Å². The van der Waals surface area contributed by atoms with E-state index >= 15 is 0 Å². The van der Waals surface area contributed by atoms with Crippen molar-refractivity contribution >= 4 is 29.1 Å². The number of carbonyl (C=O) groups excluding carboxylic acids is 3. The lowest BCUT2D eigenvalue weighted by Gasteiger charge is -2.29. The Labute approximate surface area is 234 Å². The number of amides is 3. The molecule has 3 amide bonds. The molecule has 2 unspecified atom stereocenters. The van der Waals surface area contributed by atoms with Crippen LogP contribution in [-0.2, 0) is 14.4 Å². The molecular weight excluding hydrogens is 547 g/mol. The number of nitrogens with two attached hydrogens (primary N) is 1. The van der Waals surface area contributed by atoms with E-state index in [1.165, 1.54) is 4.90 Å². The van der Waals surface area contributed by atoms with Gasteiger partial charge in [-0.25, -0.2) is 13.8 Å². The van der Waals surface area contributed by atoms with Gasteiger partial charge >= 0.3 is 6.18 Å². The zero-order valence-electron chi connectivity index (χ0n) is 22.3. The number of nitrogens with one attached hydrogen (secondary N) is 1. The molecule has 0 aromatic heterocycles. The first-order valence-corrected chi connectivity index (χ1v) is 13.3. The zero-order valence-corrected chi connectivity index (χ0v) is 22.3. The highest BCUT2D eigenvalue weighted by atomic mass is 19.4. The Hall–Kier alpha value is -3.83. The lowest BCUT2D eigenvalue weighted by molar-refractivity contribution is -0.148. The summed E-state index contributed by atoms with van der Waals surface area (Å²) in [5.41, 5.74) is 7.47. The lowest BCUT2D eigenvalue weighted by atomic mass is 9.83. The Morgan fingerprint density at radius 1 is 1.02 bits per heavy atom. The minimum atomic E-state index is -4.70. The summed E-state index contributed by atoms with van der Waals surface area (Å²) in [7, 11) is 0. The summed E-state index contributed by atoms with van der Waals surface area (Å²) in [6, 6.07) is 15.9. The maximum Gasteiger partial charge on any atom is 0.389 e. The summed E-state index contributed by atoms with van der Waals surface area (Å²) >= 11 is 0. The highest BCUT2D eigenvalue weighted by Crippen LogP contribution is 2.36. The SMILES string of the molecule is CC(F)(F)CC(C(=O)N[C@H]1N=C(c2ccccc2)c2ccccc2N(CC2CC2)C1=O)C(CCC(F)(F)F)C(N)=O. The average molecular weight is 579 g/mol. The third kappa shape index (κ3) is 7.89. The van der Waals surface area contributed by atoms with E-state index in [9.17, 15) is 36.3 Å². The predicted molar refractivity (Wildman–Crippen MR) is 142 cm³/mol. The number of benzodiazepines with no additional fused rings is 1. The number of fused-ring (bicyclic) bond motifs is 1. The van der Waals surface area contributed by atoms with Gasteiger partial charge in [0, 0.05) is 36.4 Å². The number of anilines is 1. The fourth-order valence-corrected chi connectivity index (χ4v) is 5.00. The van der Waals surface area contributed by atoms with Crippen molar-refractivity contribution in [1.29, 1.82) is 0 Å². The normalized spacial score (nSPS) is 19.1. The van der Waals surface area contributed by atoms with E-state index in [1.807, 2.05) is 0 Å². The summed E-state index contributed by atoms with van der Waals surface area (Å²) < 4.78 is 67.2. The van der Waals surface area contributed by atoms with Crippen LogP contribution in [0.15, 0.2) is 59.6 Å². The molecule has 1 aliphatic heterocycles. The quantitative estimate of drug-likeness (QED) is 0.373. The first-order valence-electron chi connectivity index (χ1n) is 13.3. The van der Waals surface area contributed by atoms with E-state index in [0.717, 1.165) is 12.8 Å². The number of carbonyl (C=O) groups is 3. The molecule has 7 nitrogen and oxygen atoms in total. The van der Waals surface area contributed by atoms with Crippen molar-refractivity contribution in [1.82, 2.24) is 5.32 Å². The van der Waals surface area contributed by atoms with Gasteiger partial charge in [-0.3, -0.25) is 14.4 Å². The molecule has 4 rings (SSSR count). The molecule has 1 heterocycles. The van der Waals surface area contributed by atoms with Gasteiger partial charge < -0.3 is 16.0 Å². The second kappa shape index (κ2) is 12.0. The van der Waals surface area contributed by atoms with Crippen LogP contribution < -0.4 is 16.0 Å². The summed E-state index contributed by atoms with van der Waals surface area (Å²) in [5.74, 6) is -10.2. The van der Waals surface area contributed by atoms with Crippen LogP contribution in [0.2, 0.25) is 0 Å². The Kier molecular flexibility index (Phi) is 8.79. The van der Waals surface area contributed by atoms with E-state index in [4.69, 9.17) is 5.73 Å². The first kappa shape index (κ1) is 30.1. The van der Waals surface area contributed by atoms with E-state index in [-0.39, 0.29) is 5.92 Å². The fraction of sp³-hybridized carbons (Fsp3) is 0.448. The van der Waals surface area contributed by atoms with Crippen LogP contribution >= 0.6 is 0 Å². The summed E-state index contributed by atoms with van der Waals surface area (Å²) in [6.07, 6.45) is -8.18. The molecular formula is C29H31F5N4O3. The molecule has 0 saturated heterocycles. The van der Waals surface area contributed by atoms with Gasteiger partial charge in [0.2, 0.25) is 23.9 Å². The number of rotatable bonds is 11. The third-order valence-electron chi connectivity index (χ3n) is 7.18. The Morgan fingerprint density at radius 2 is 1.66 bits per heavy atom. The molecule has 2 aliphatic rings. The van der Waals surface area contributed by atoms with E-state index in [2.05, 4.69) is 10.3 Å². The smallest absolute Gasteiger partial charge is 0.369 e. The number of primary amides is 1. The second-order valence-corrected chi connectivity index (χ2v) is 10.7. The molecule has 0 bridgehead atoms. The van der Waals surface area contributed by atoms with E-state index < -0.39 is 67.1 Å². The van der Waals surface area contributed by atoms with Crippen LogP contribution in [0.25, 0.3) is 0 Å². The monoisotopic (exact) mass is 578 g/mol. The van der Waals surface area contributed by atoms with Crippen LogP contribution in [0.4, 0.5) is 27.6 Å². The number of para-hydroxylation sites is 1. The van der Waals surface area contributed by atoms with Crippen molar-refractivity contribution < 1.29 is 36.3 Å². The summed E-state index contributed by atoms with van der Waals surface area (Å²) in [4.78, 5) is 45.6. The third-order valence-corrected chi connectivity index (χ3v) is 7.18. The van der Waals surface area contributed by atoms with Crippen LogP contribution in [-0.4, -0.2) is 48.2 Å². The van der Waals surface area contributed by atoms with Crippen molar-refractivity contribution in [3.63, 3.8) is 0 Å². The number of aliphatic imine (C=N–C) groups is 1. The molecule has 12 heteroatoms. The molecule has 1 aliphatic carbocycles. The summed E-state index contributed by atoms with van der Waals surface area (Å²) in [5, 5.41) is 2.38. The van der Waals surface area contributed by atoms with Crippen molar-refractivity contribution in [3.05, 3.63) is 65.7 Å². The van der Waals surface area contributed by atoms with Gasteiger partial charge in [-0.1, -0.05) is 48.5 Å². The number of hydrogen-bond acceptors (Lipinski definition) is 4. The van der Waals surface area contributed by atoms with Crippen LogP contribution in [0.5, 0.6) is 0 Å². The number of benzene rings is 2. The van der Waals surface area contributed by atoms with Gasteiger partial charge in [-0.05, 0) is 38.2 Å². The predicted octanol–water partition coefficient (Wildman–Crippen LogP) is 4.83. The molecule has 1 saturated carbocycles. The number of nitrogens with zero attached hydrogens (tertiary/aromatic N) is 2. The van der Waals surface area contributed by atoms with Crippen molar-refractivity contribution in [2.75, 3.05) is 11.4 Å². The largest absolute Gasteiger partial charge is 0.389 e. The van der Waals surface area contributed by atoms with Gasteiger partial charge in [-0.15, -0.1) is 0 Å². The van der Waals surface area contributed by atoms with E-state index in [1.54, 1.807) is 54.6 Å². The van der Waals surface area contributed by atoms with Crippen molar-refractivity contribution in [2.45, 2.75) is 57.3 Å². The number of alkyl halides is 5. The molecule has 220 valence electrons. The number of hydrogen-bond donors (Lipinski definition) is 2. The van der Waals surface area contributed by atoms with Crippen molar-refractivity contribution in [2.24, 2.45) is 28.5 Å². The standard InChI is InChI=1S/C29H31F5N4O3/c1-28(30,31)15-21(19(24(35)39)13-14-29(32,33)34)26(40)37-25-27(41)38(16-17-11-12-17)22-10-6-5-9-20(22)23(36-25)18-7-3-2-4-8-18/h2-10,17,19,21,25H,11-16H2,1H3,(H2,35,39)(H,37,40)/t19?,21?,25-/m1/s1. The minimum absolute atomic E-state index is 0.231. The highest BCUT2D eigenvalue weighted by molar-refractivity contribution is 6.20. The molecule has 2 aromatic carbocycles. The van der Waals surface area contributed by atoms with Gasteiger partial charge in [-0.2, -0.15) is 13.2 Å². The van der Waals surface area contributed by atoms with Crippen molar-refractivity contribution in [3.8, 4) is 0 Å². The Balaban J connectivity index is 1.74. The molecule has 41 heavy (non-hydrogen) atoms. The second-order valence-electron chi connectivity index (χ2n) is 10.7. The molecule has 3 atom stereocenters. The van der Waals surface area contributed by atoms with Gasteiger partial charge in [0.05, 0.1) is 17.3 Å². The molecule has 1 fully saturated rings. The zero-order chi connectivity index (χ0) is 29.9. The molecule has 0 spiro atoms. The Bertz CT molecular complexity index is 1310. The van der Waals surface area contributed by atoms with Gasteiger partial charge in [0.15, 0.2) is 0 Å². The van der Waals surface area contributed by atoms with Gasteiger partial charge in [0.25, 0.3) is 5.91 Å². The van der Waals surface area contributed by atoms with E-state index in [0.29, 0.717) is 36.0 Å². The molecule has 2 aromatic rings. The topological polar surface area (TPSA) is 105 Å². The molecule has 0 radical (unpaired) electrons. The average Bonchev–Trinajstić information content (AvgIpc) is 3.72. The van der Waals surface area contributed by atoms with Crippen LogP contribution in [0.1, 0.15) is 50.2 Å². The maximum absolute atomic E-state index is 14.2. The van der Waals surface area contributed by atoms with Crippen LogP contribution in [0.3, 0.4) is 0 Å². The lowest BCUT2D eigenvalue weighted by Crippen LogP contribution is -2.51. The van der Waals surface area contributed by atoms with Gasteiger partial charge in [0.1, 0.15) is 0 Å². The fourth-order valence-electron chi connectivity index (χ4n) is 5.00. The molecule has 3 N–H and O–H groups in total. The summed E-state index contributed by atoms with van der Waals surface area (Å²) in [6.45, 7) is 0.831.